The van der Waals surface area contributed by atoms with Gasteiger partial charge in [-0.2, -0.15) is 13.2 Å². The van der Waals surface area contributed by atoms with Crippen LogP contribution in [-0.2, 0) is 15.7 Å². The number of benzene rings is 2. The summed E-state index contributed by atoms with van der Waals surface area (Å²) >= 11 is 0. The van der Waals surface area contributed by atoms with Crippen molar-refractivity contribution in [3.8, 4) is 17.2 Å². The zero-order valence-electron chi connectivity index (χ0n) is 25.4. The number of methoxy groups -OCH3 is 3. The molecule has 3 aromatic rings. The van der Waals surface area contributed by atoms with Crippen LogP contribution in [0.15, 0.2) is 98.3 Å². The van der Waals surface area contributed by atoms with Crippen LogP contribution in [0.5, 0.6) is 11.5 Å². The number of rotatable bonds is 10. The van der Waals surface area contributed by atoms with Gasteiger partial charge in [-0.15, -0.1) is 0 Å². The summed E-state index contributed by atoms with van der Waals surface area (Å²) in [6.45, 7) is 4.85. The topological polar surface area (TPSA) is 113 Å². The van der Waals surface area contributed by atoms with Gasteiger partial charge in [-0.3, -0.25) is 19.1 Å². The molecule has 47 heavy (non-hydrogen) atoms. The SMILES string of the molecule is C=N/C(OC)=C(\C=C1/CC(Oc2ccc(NC(=O)c3ccc(C(F)(F)F)n(-c4ccc(OC)cc4C)c3=O)cc2F)=C(F)C=N1)OC. The molecule has 0 bridgehead atoms. The van der Waals surface area contributed by atoms with Gasteiger partial charge in [0.2, 0.25) is 0 Å². The molecule has 1 N–H and O–H groups in total. The molecule has 0 unspecified atom stereocenters. The highest BCUT2D eigenvalue weighted by Gasteiger charge is 2.36. The van der Waals surface area contributed by atoms with Gasteiger partial charge >= 0.3 is 6.18 Å². The normalized spacial score (nSPS) is 14.4. The average molecular weight is 659 g/mol. The number of halogens is 5. The molecule has 0 radical (unpaired) electrons. The highest BCUT2D eigenvalue weighted by atomic mass is 19.4. The van der Waals surface area contributed by atoms with E-state index in [1.807, 2.05) is 0 Å². The van der Waals surface area contributed by atoms with Crippen LogP contribution in [-0.4, -0.2) is 44.7 Å². The smallest absolute Gasteiger partial charge is 0.431 e. The maximum Gasteiger partial charge on any atom is 0.431 e. The zero-order valence-corrected chi connectivity index (χ0v) is 25.4. The van der Waals surface area contributed by atoms with E-state index in [9.17, 15) is 27.2 Å². The summed E-state index contributed by atoms with van der Waals surface area (Å²) in [6.07, 6.45) is -2.88. The van der Waals surface area contributed by atoms with E-state index < -0.39 is 46.3 Å². The molecule has 1 aliphatic rings. The number of nitrogens with one attached hydrogen (secondary N) is 1. The molecule has 15 heteroatoms. The molecule has 4 rings (SSSR count). The van der Waals surface area contributed by atoms with Crippen molar-refractivity contribution in [2.75, 3.05) is 26.6 Å². The van der Waals surface area contributed by atoms with Crippen molar-refractivity contribution < 1.29 is 45.7 Å². The largest absolute Gasteiger partial charge is 0.497 e. The van der Waals surface area contributed by atoms with Crippen LogP contribution in [0.25, 0.3) is 5.69 Å². The number of carbonyl (C=O) groups excluding carboxylic acids is 1. The van der Waals surface area contributed by atoms with Gasteiger partial charge in [0.1, 0.15) is 22.8 Å². The van der Waals surface area contributed by atoms with Crippen molar-refractivity contribution in [1.82, 2.24) is 4.57 Å². The molecule has 246 valence electrons. The molecule has 0 spiro atoms. The Balaban J connectivity index is 1.59. The summed E-state index contributed by atoms with van der Waals surface area (Å²) in [6, 6.07) is 8.54. The summed E-state index contributed by atoms with van der Waals surface area (Å²) in [7, 11) is 4.07. The molecule has 10 nitrogen and oxygen atoms in total. The number of nitrogens with zero attached hydrogens (tertiary/aromatic N) is 3. The average Bonchev–Trinajstić information content (AvgIpc) is 3.03. The summed E-state index contributed by atoms with van der Waals surface area (Å²) in [5.74, 6) is -3.17. The van der Waals surface area contributed by atoms with Crippen LogP contribution >= 0.6 is 0 Å². The molecule has 1 aromatic heterocycles. The Morgan fingerprint density at radius 1 is 1.06 bits per heavy atom. The number of anilines is 1. The summed E-state index contributed by atoms with van der Waals surface area (Å²) in [5.41, 5.74) is -2.96. The third-order valence-corrected chi connectivity index (χ3v) is 6.70. The lowest BCUT2D eigenvalue weighted by atomic mass is 10.1. The Morgan fingerprint density at radius 3 is 2.40 bits per heavy atom. The third kappa shape index (κ3) is 7.57. The van der Waals surface area contributed by atoms with Crippen LogP contribution in [0.2, 0.25) is 0 Å². The highest BCUT2D eigenvalue weighted by molar-refractivity contribution is 6.04. The Kier molecular flexibility index (Phi) is 10.3. The van der Waals surface area contributed by atoms with Crippen molar-refractivity contribution >= 4 is 24.5 Å². The molecular weight excluding hydrogens is 631 g/mol. The van der Waals surface area contributed by atoms with E-state index in [0.29, 0.717) is 16.4 Å². The predicted molar refractivity (Wildman–Crippen MR) is 163 cm³/mol. The molecule has 0 saturated carbocycles. The molecule has 0 saturated heterocycles. The first-order chi connectivity index (χ1) is 22.3. The number of ether oxygens (including phenoxy) is 4. The monoisotopic (exact) mass is 658 g/mol. The van der Waals surface area contributed by atoms with Gasteiger partial charge in [0.05, 0.1) is 45.3 Å². The van der Waals surface area contributed by atoms with E-state index in [-0.39, 0.29) is 46.5 Å². The molecule has 0 aliphatic carbocycles. The second-order valence-corrected chi connectivity index (χ2v) is 9.70. The lowest BCUT2D eigenvalue weighted by molar-refractivity contribution is -0.142. The van der Waals surface area contributed by atoms with Crippen molar-refractivity contribution in [3.05, 3.63) is 117 Å². The maximum atomic E-state index is 15.1. The second kappa shape index (κ2) is 14.1. The van der Waals surface area contributed by atoms with Gasteiger partial charge in [0, 0.05) is 17.8 Å². The van der Waals surface area contributed by atoms with Crippen LogP contribution < -0.4 is 20.3 Å². The van der Waals surface area contributed by atoms with Gasteiger partial charge in [-0.1, -0.05) is 0 Å². The molecule has 1 aliphatic heterocycles. The highest BCUT2D eigenvalue weighted by Crippen LogP contribution is 2.32. The fourth-order valence-corrected chi connectivity index (χ4v) is 4.45. The standard InChI is InChI=1S/C32H27F5N4O6/c1-17-12-20(44-3)7-9-24(17)41-28(32(35,36)37)11-8-21(31(41)43)29(42)40-18-6-10-25(22(33)13-18)47-26-14-19(39-16-23(26)34)15-27(45-4)30(38-2)46-5/h6-13,15-16H,2,14H2,1,3-5H3,(H,40,42)/b19-15+,30-27-. The number of dihydropyridines is 1. The molecule has 0 atom stereocenters. The molecule has 2 aromatic carbocycles. The number of aryl methyl sites for hydroxylation is 1. The number of hydrogen-bond acceptors (Lipinski definition) is 8. The number of pyridine rings is 1. The molecule has 1 amide bonds. The van der Waals surface area contributed by atoms with Crippen LogP contribution in [0, 0.1) is 12.7 Å². The predicted octanol–water partition coefficient (Wildman–Crippen LogP) is 6.65. The van der Waals surface area contributed by atoms with Crippen LogP contribution in [0.4, 0.5) is 27.6 Å². The Labute approximate surface area is 264 Å². The van der Waals surface area contributed by atoms with E-state index in [2.05, 4.69) is 22.0 Å². The Morgan fingerprint density at radius 2 is 1.81 bits per heavy atom. The lowest BCUT2D eigenvalue weighted by Gasteiger charge is -2.19. The number of carbonyl (C=O) groups is 1. The zero-order chi connectivity index (χ0) is 34.5. The van der Waals surface area contributed by atoms with E-state index >= 15 is 4.39 Å². The van der Waals surface area contributed by atoms with E-state index in [1.54, 1.807) is 0 Å². The van der Waals surface area contributed by atoms with E-state index in [4.69, 9.17) is 18.9 Å². The van der Waals surface area contributed by atoms with Gasteiger partial charge in [0.25, 0.3) is 17.3 Å². The minimum Gasteiger partial charge on any atom is -0.497 e. The molecule has 2 heterocycles. The number of alkyl halides is 3. The summed E-state index contributed by atoms with van der Waals surface area (Å²) in [5, 5.41) is 2.30. The van der Waals surface area contributed by atoms with Gasteiger partial charge < -0.3 is 24.3 Å². The van der Waals surface area contributed by atoms with E-state index in [1.165, 1.54) is 58.6 Å². The second-order valence-electron chi connectivity index (χ2n) is 9.70. The maximum absolute atomic E-state index is 15.1. The number of amides is 1. The summed E-state index contributed by atoms with van der Waals surface area (Å²) < 4.78 is 92.5. The minimum absolute atomic E-state index is 0.0439. The Bertz CT molecular complexity index is 1910. The fraction of sp³-hybridized carbons (Fsp3) is 0.188. The van der Waals surface area contributed by atoms with Crippen LogP contribution in [0.3, 0.4) is 0 Å². The lowest BCUT2D eigenvalue weighted by Crippen LogP contribution is -2.33. The van der Waals surface area contributed by atoms with E-state index in [0.717, 1.165) is 24.4 Å². The first kappa shape index (κ1) is 34.1. The van der Waals surface area contributed by atoms with Crippen LogP contribution in [0.1, 0.15) is 28.0 Å². The number of aromatic nitrogens is 1. The third-order valence-electron chi connectivity index (χ3n) is 6.70. The molecular formula is C32H27F5N4O6. The molecule has 0 fully saturated rings. The Hall–Kier alpha value is -5.73. The quantitative estimate of drug-likeness (QED) is 0.148. The number of aliphatic imine (C=N–C) groups is 2. The van der Waals surface area contributed by atoms with Gasteiger partial charge in [-0.05, 0) is 61.7 Å². The number of allylic oxidation sites excluding steroid dienone is 2. The van der Waals surface area contributed by atoms with Gasteiger partial charge in [-0.25, -0.2) is 13.8 Å². The number of hydrogen-bond donors (Lipinski definition) is 1. The minimum atomic E-state index is -4.94. The van der Waals surface area contributed by atoms with Crippen molar-refractivity contribution in [2.24, 2.45) is 9.98 Å². The van der Waals surface area contributed by atoms with Crippen molar-refractivity contribution in [3.63, 3.8) is 0 Å². The first-order valence-corrected chi connectivity index (χ1v) is 13.5. The first-order valence-electron chi connectivity index (χ1n) is 13.5. The van der Waals surface area contributed by atoms with Crippen molar-refractivity contribution in [2.45, 2.75) is 19.5 Å². The van der Waals surface area contributed by atoms with Gasteiger partial charge in [0.15, 0.2) is 23.2 Å². The van der Waals surface area contributed by atoms with Crippen molar-refractivity contribution in [1.29, 1.82) is 0 Å². The summed E-state index contributed by atoms with van der Waals surface area (Å²) in [4.78, 5) is 34.0. The fourth-order valence-electron chi connectivity index (χ4n) is 4.45.